The molecule has 5 heteroatoms. The van der Waals surface area contributed by atoms with E-state index in [4.69, 9.17) is 5.73 Å². The molecule has 0 bridgehead atoms. The summed E-state index contributed by atoms with van der Waals surface area (Å²) in [6, 6.07) is 9.79. The first-order valence-electron chi connectivity index (χ1n) is 7.24. The van der Waals surface area contributed by atoms with E-state index in [1.165, 1.54) is 0 Å². The molecule has 1 saturated heterocycles. The van der Waals surface area contributed by atoms with Crippen molar-refractivity contribution in [3.8, 4) is 5.69 Å². The number of hydrogen-bond donors (Lipinski definition) is 1. The molecule has 1 fully saturated rings. The molecule has 2 atom stereocenters. The second kappa shape index (κ2) is 5.33. The molecule has 2 aromatic rings. The molecule has 1 aliphatic rings. The van der Waals surface area contributed by atoms with Gasteiger partial charge in [-0.25, -0.2) is 4.68 Å². The molecule has 0 radical (unpaired) electrons. The van der Waals surface area contributed by atoms with Crippen molar-refractivity contribution in [1.29, 1.82) is 0 Å². The highest BCUT2D eigenvalue weighted by Gasteiger charge is 2.40. The number of para-hydroxylation sites is 1. The lowest BCUT2D eigenvalue weighted by Crippen LogP contribution is -2.37. The minimum Gasteiger partial charge on any atom is -0.331 e. The van der Waals surface area contributed by atoms with Gasteiger partial charge < -0.3 is 10.6 Å². The van der Waals surface area contributed by atoms with Gasteiger partial charge in [0.2, 0.25) is 5.91 Å². The molecule has 1 amide bonds. The summed E-state index contributed by atoms with van der Waals surface area (Å²) in [5.74, 6) is 0.120. The number of carbonyl (C=O) groups excluding carboxylic acids is 1. The SMILES string of the molecule is CC(C)N1C(=O)CC(N)C1c1cnn(-c2ccccc2)c1. The highest BCUT2D eigenvalue weighted by Crippen LogP contribution is 2.33. The maximum absolute atomic E-state index is 12.1. The summed E-state index contributed by atoms with van der Waals surface area (Å²) in [6.07, 6.45) is 4.18. The van der Waals surface area contributed by atoms with Crippen LogP contribution in [0.3, 0.4) is 0 Å². The zero-order valence-corrected chi connectivity index (χ0v) is 12.3. The average molecular weight is 284 g/mol. The lowest BCUT2D eigenvalue weighted by molar-refractivity contribution is -0.130. The standard InChI is InChI=1S/C16H20N4O/c1-11(2)20-15(21)8-14(17)16(20)12-9-18-19(10-12)13-6-4-3-5-7-13/h3-7,9-11,14,16H,8,17H2,1-2H3. The van der Waals surface area contributed by atoms with Crippen LogP contribution in [0.2, 0.25) is 0 Å². The fourth-order valence-corrected chi connectivity index (χ4v) is 3.01. The molecule has 1 aliphatic heterocycles. The quantitative estimate of drug-likeness (QED) is 0.936. The summed E-state index contributed by atoms with van der Waals surface area (Å²) in [5, 5.41) is 4.41. The van der Waals surface area contributed by atoms with E-state index in [-0.39, 0.29) is 24.0 Å². The number of aromatic nitrogens is 2. The molecule has 2 unspecified atom stereocenters. The van der Waals surface area contributed by atoms with E-state index >= 15 is 0 Å². The average Bonchev–Trinajstić information content (AvgIpc) is 3.04. The van der Waals surface area contributed by atoms with Crippen LogP contribution in [-0.4, -0.2) is 32.7 Å². The number of carbonyl (C=O) groups is 1. The third kappa shape index (κ3) is 2.45. The van der Waals surface area contributed by atoms with E-state index in [2.05, 4.69) is 5.10 Å². The number of hydrogen-bond acceptors (Lipinski definition) is 3. The predicted molar refractivity (Wildman–Crippen MR) is 80.9 cm³/mol. The first kappa shape index (κ1) is 13.8. The van der Waals surface area contributed by atoms with Gasteiger partial charge in [-0.15, -0.1) is 0 Å². The van der Waals surface area contributed by atoms with Gasteiger partial charge in [0, 0.05) is 30.3 Å². The second-order valence-corrected chi connectivity index (χ2v) is 5.76. The van der Waals surface area contributed by atoms with Crippen LogP contribution in [0.1, 0.15) is 31.9 Å². The van der Waals surface area contributed by atoms with Crippen LogP contribution in [0.5, 0.6) is 0 Å². The monoisotopic (exact) mass is 284 g/mol. The molecule has 1 aromatic carbocycles. The molecule has 0 aliphatic carbocycles. The van der Waals surface area contributed by atoms with Gasteiger partial charge in [0.05, 0.1) is 17.9 Å². The molecule has 0 spiro atoms. The Balaban J connectivity index is 1.94. The van der Waals surface area contributed by atoms with E-state index in [1.54, 1.807) is 0 Å². The molecule has 2 heterocycles. The third-order valence-electron chi connectivity index (χ3n) is 3.92. The van der Waals surface area contributed by atoms with Crippen LogP contribution in [0.25, 0.3) is 5.69 Å². The second-order valence-electron chi connectivity index (χ2n) is 5.76. The highest BCUT2D eigenvalue weighted by molar-refractivity contribution is 5.80. The van der Waals surface area contributed by atoms with Gasteiger partial charge in [-0.3, -0.25) is 4.79 Å². The van der Waals surface area contributed by atoms with Crippen molar-refractivity contribution in [3.05, 3.63) is 48.3 Å². The van der Waals surface area contributed by atoms with E-state index in [0.29, 0.717) is 6.42 Å². The van der Waals surface area contributed by atoms with E-state index in [9.17, 15) is 4.79 Å². The van der Waals surface area contributed by atoms with Crippen molar-refractivity contribution in [2.45, 2.75) is 38.4 Å². The molecular weight excluding hydrogens is 264 g/mol. The largest absolute Gasteiger partial charge is 0.331 e. The number of rotatable bonds is 3. The third-order valence-corrected chi connectivity index (χ3v) is 3.92. The van der Waals surface area contributed by atoms with Crippen molar-refractivity contribution in [2.75, 3.05) is 0 Å². The van der Waals surface area contributed by atoms with Crippen LogP contribution >= 0.6 is 0 Å². The van der Waals surface area contributed by atoms with Gasteiger partial charge in [-0.1, -0.05) is 18.2 Å². The maximum atomic E-state index is 12.1. The van der Waals surface area contributed by atoms with Crippen LogP contribution in [0.4, 0.5) is 0 Å². The zero-order valence-electron chi connectivity index (χ0n) is 12.3. The van der Waals surface area contributed by atoms with Crippen LogP contribution in [0.15, 0.2) is 42.7 Å². The fraction of sp³-hybridized carbons (Fsp3) is 0.375. The Kier molecular flexibility index (Phi) is 3.51. The summed E-state index contributed by atoms with van der Waals surface area (Å²) in [5.41, 5.74) is 8.17. The molecule has 1 aromatic heterocycles. The molecular formula is C16H20N4O. The van der Waals surface area contributed by atoms with Crippen molar-refractivity contribution < 1.29 is 4.79 Å². The minimum absolute atomic E-state index is 0.0880. The smallest absolute Gasteiger partial charge is 0.225 e. The fourth-order valence-electron chi connectivity index (χ4n) is 3.01. The van der Waals surface area contributed by atoms with Crippen molar-refractivity contribution in [2.24, 2.45) is 5.73 Å². The molecule has 5 nitrogen and oxygen atoms in total. The summed E-state index contributed by atoms with van der Waals surface area (Å²) in [6.45, 7) is 4.04. The Bertz CT molecular complexity index is 635. The Morgan fingerprint density at radius 3 is 2.67 bits per heavy atom. The van der Waals surface area contributed by atoms with Gasteiger partial charge in [-0.2, -0.15) is 5.10 Å². The van der Waals surface area contributed by atoms with E-state index in [0.717, 1.165) is 11.3 Å². The Morgan fingerprint density at radius 2 is 2.00 bits per heavy atom. The molecule has 0 saturated carbocycles. The van der Waals surface area contributed by atoms with Gasteiger partial charge in [0.15, 0.2) is 0 Å². The maximum Gasteiger partial charge on any atom is 0.225 e. The summed E-state index contributed by atoms with van der Waals surface area (Å²) >= 11 is 0. The molecule has 2 N–H and O–H groups in total. The summed E-state index contributed by atoms with van der Waals surface area (Å²) < 4.78 is 1.82. The van der Waals surface area contributed by atoms with Crippen molar-refractivity contribution in [3.63, 3.8) is 0 Å². The number of likely N-dealkylation sites (tertiary alicyclic amines) is 1. The summed E-state index contributed by atoms with van der Waals surface area (Å²) in [7, 11) is 0. The minimum atomic E-state index is -0.173. The highest BCUT2D eigenvalue weighted by atomic mass is 16.2. The Hall–Kier alpha value is -2.14. The van der Waals surface area contributed by atoms with Gasteiger partial charge in [-0.05, 0) is 26.0 Å². The Morgan fingerprint density at radius 1 is 1.29 bits per heavy atom. The molecule has 21 heavy (non-hydrogen) atoms. The number of nitrogens with two attached hydrogens (primary N) is 1. The molecule has 110 valence electrons. The number of nitrogens with zero attached hydrogens (tertiary/aromatic N) is 3. The lowest BCUT2D eigenvalue weighted by atomic mass is 10.0. The number of benzene rings is 1. The van der Waals surface area contributed by atoms with Gasteiger partial charge in [0.1, 0.15) is 0 Å². The molecule has 3 rings (SSSR count). The van der Waals surface area contributed by atoms with Crippen LogP contribution < -0.4 is 5.73 Å². The van der Waals surface area contributed by atoms with Crippen LogP contribution in [0, 0.1) is 0 Å². The van der Waals surface area contributed by atoms with Crippen molar-refractivity contribution in [1.82, 2.24) is 14.7 Å². The van der Waals surface area contributed by atoms with E-state index < -0.39 is 0 Å². The van der Waals surface area contributed by atoms with Crippen molar-refractivity contribution >= 4 is 5.91 Å². The Labute approximate surface area is 124 Å². The zero-order chi connectivity index (χ0) is 15.0. The summed E-state index contributed by atoms with van der Waals surface area (Å²) in [4.78, 5) is 14.0. The normalized spacial score (nSPS) is 22.3. The lowest BCUT2D eigenvalue weighted by Gasteiger charge is -2.29. The number of amides is 1. The van der Waals surface area contributed by atoms with E-state index in [1.807, 2.05) is 66.2 Å². The topological polar surface area (TPSA) is 64.2 Å². The van der Waals surface area contributed by atoms with Crippen LogP contribution in [-0.2, 0) is 4.79 Å². The first-order chi connectivity index (χ1) is 10.1. The predicted octanol–water partition coefficient (Wildman–Crippen LogP) is 1.88. The first-order valence-corrected chi connectivity index (χ1v) is 7.24. The van der Waals surface area contributed by atoms with Gasteiger partial charge >= 0.3 is 0 Å². The van der Waals surface area contributed by atoms with Gasteiger partial charge in [0.25, 0.3) is 0 Å².